The maximum absolute atomic E-state index is 9.15. The Kier molecular flexibility index (Phi) is 7.06. The lowest BCUT2D eigenvalue weighted by Crippen LogP contribution is -2.10. The molecule has 2 heterocycles. The molecule has 0 radical (unpaired) electrons. The van der Waals surface area contributed by atoms with Crippen molar-refractivity contribution in [2.75, 3.05) is 0 Å². The summed E-state index contributed by atoms with van der Waals surface area (Å²) in [6.07, 6.45) is -1.71. The summed E-state index contributed by atoms with van der Waals surface area (Å²) in [5.41, 5.74) is 10.7. The third-order valence-electron chi connectivity index (χ3n) is 9.60. The third kappa shape index (κ3) is 6.05. The molecule has 6 aromatic carbocycles. The molecule has 0 aliphatic heterocycles. The summed E-state index contributed by atoms with van der Waals surface area (Å²) in [6.45, 7) is 14.3. The van der Waals surface area contributed by atoms with Gasteiger partial charge in [-0.1, -0.05) is 133 Å². The molecular formula is C48H46N2O. The van der Waals surface area contributed by atoms with Gasteiger partial charge in [-0.25, -0.2) is 4.98 Å². The van der Waals surface area contributed by atoms with Gasteiger partial charge in [0.25, 0.3) is 0 Å². The summed E-state index contributed by atoms with van der Waals surface area (Å²) >= 11 is 0. The van der Waals surface area contributed by atoms with Gasteiger partial charge in [0, 0.05) is 13.5 Å². The van der Waals surface area contributed by atoms with Crippen LogP contribution in [0.4, 0.5) is 0 Å². The molecule has 0 atom stereocenters. The first kappa shape index (κ1) is 28.3. The highest BCUT2D eigenvalue weighted by Gasteiger charge is 2.25. The van der Waals surface area contributed by atoms with Crippen LogP contribution in [0.5, 0.6) is 0 Å². The lowest BCUT2D eigenvalue weighted by Gasteiger charge is -2.24. The molecule has 8 rings (SSSR count). The highest BCUT2D eigenvalue weighted by Crippen LogP contribution is 2.43. The molecule has 0 spiro atoms. The average molecular weight is 671 g/mol. The number of benzene rings is 6. The van der Waals surface area contributed by atoms with Gasteiger partial charge in [-0.05, 0) is 105 Å². The molecule has 254 valence electrons. The summed E-state index contributed by atoms with van der Waals surface area (Å²) < 4.78 is 45.1. The number of para-hydroxylation sites is 3. The zero-order valence-electron chi connectivity index (χ0n) is 34.4. The molecule has 3 heteroatoms. The van der Waals surface area contributed by atoms with Crippen molar-refractivity contribution in [1.82, 2.24) is 9.55 Å². The fourth-order valence-corrected chi connectivity index (χ4v) is 7.24. The van der Waals surface area contributed by atoms with E-state index < -0.39 is 11.8 Å². The SMILES string of the molecule is [2H]c1cc(C([2H])([2H])C(C)(C)C)cc([2H])c1-c1cc(C(C)C)c(-n2c(-c3cccc4c3oc3cc(-c5ccccc5)ccc34)nc3ccccc32)c(C(C)C)c1. The summed E-state index contributed by atoms with van der Waals surface area (Å²) in [5, 5.41) is 2.08. The predicted molar refractivity (Wildman–Crippen MR) is 216 cm³/mol. The molecule has 0 aliphatic carbocycles. The van der Waals surface area contributed by atoms with Gasteiger partial charge in [-0.2, -0.15) is 0 Å². The van der Waals surface area contributed by atoms with Crippen LogP contribution in [-0.4, -0.2) is 9.55 Å². The quantitative estimate of drug-likeness (QED) is 0.169. The molecule has 8 aromatic rings. The van der Waals surface area contributed by atoms with Crippen molar-refractivity contribution >= 4 is 33.0 Å². The second kappa shape index (κ2) is 12.7. The summed E-state index contributed by atoms with van der Waals surface area (Å²) in [5.74, 6) is 0.942. The normalized spacial score (nSPS) is 13.7. The minimum Gasteiger partial charge on any atom is -0.455 e. The highest BCUT2D eigenvalue weighted by molar-refractivity contribution is 6.10. The first-order valence-electron chi connectivity index (χ1n) is 19.9. The van der Waals surface area contributed by atoms with Crippen molar-refractivity contribution in [3.63, 3.8) is 0 Å². The van der Waals surface area contributed by atoms with Crippen LogP contribution < -0.4 is 0 Å². The van der Waals surface area contributed by atoms with Crippen molar-refractivity contribution in [2.45, 2.75) is 66.7 Å². The first-order valence-corrected chi connectivity index (χ1v) is 17.9. The van der Waals surface area contributed by atoms with Gasteiger partial charge in [0.1, 0.15) is 17.0 Å². The van der Waals surface area contributed by atoms with Crippen LogP contribution in [0.2, 0.25) is 0 Å². The second-order valence-corrected chi connectivity index (χ2v) is 15.2. The van der Waals surface area contributed by atoms with E-state index in [0.29, 0.717) is 11.1 Å². The van der Waals surface area contributed by atoms with Crippen LogP contribution in [-0.2, 0) is 6.37 Å². The topological polar surface area (TPSA) is 31.0 Å². The average Bonchev–Trinajstić information content (AvgIpc) is 3.72. The van der Waals surface area contributed by atoms with Gasteiger partial charge in [0.05, 0.1) is 25.0 Å². The molecule has 0 saturated heterocycles. The lowest BCUT2D eigenvalue weighted by atomic mass is 9.86. The van der Waals surface area contributed by atoms with E-state index in [1.54, 1.807) is 12.1 Å². The smallest absolute Gasteiger partial charge is 0.149 e. The van der Waals surface area contributed by atoms with Crippen LogP contribution in [0, 0.1) is 5.41 Å². The molecule has 0 N–H and O–H groups in total. The third-order valence-corrected chi connectivity index (χ3v) is 9.60. The highest BCUT2D eigenvalue weighted by atomic mass is 16.3. The fraction of sp³-hybridized carbons (Fsp3) is 0.229. The van der Waals surface area contributed by atoms with E-state index in [1.165, 1.54) is 0 Å². The number of nitrogens with zero attached hydrogens (tertiary/aromatic N) is 2. The molecule has 0 amide bonds. The number of imidazole rings is 1. The number of hydrogen-bond acceptors (Lipinski definition) is 2. The van der Waals surface area contributed by atoms with Gasteiger partial charge in [-0.15, -0.1) is 0 Å². The Morgan fingerprint density at radius 3 is 2.06 bits per heavy atom. The van der Waals surface area contributed by atoms with E-state index >= 15 is 0 Å². The van der Waals surface area contributed by atoms with E-state index in [0.717, 1.165) is 77.9 Å². The molecule has 0 bridgehead atoms. The number of fused-ring (bicyclic) bond motifs is 4. The number of hydrogen-bond donors (Lipinski definition) is 0. The van der Waals surface area contributed by atoms with Crippen molar-refractivity contribution in [2.24, 2.45) is 5.41 Å². The Balaban J connectivity index is 1.37. The Labute approximate surface area is 307 Å². The van der Waals surface area contributed by atoms with Crippen molar-refractivity contribution in [3.8, 4) is 39.3 Å². The molecule has 2 aromatic heterocycles. The van der Waals surface area contributed by atoms with Crippen molar-refractivity contribution in [1.29, 1.82) is 0 Å². The Morgan fingerprint density at radius 2 is 1.37 bits per heavy atom. The lowest BCUT2D eigenvalue weighted by molar-refractivity contribution is 0.411. The van der Waals surface area contributed by atoms with Crippen molar-refractivity contribution < 1.29 is 9.90 Å². The Morgan fingerprint density at radius 1 is 0.686 bits per heavy atom. The summed E-state index contributed by atoms with van der Waals surface area (Å²) in [6, 6.07) is 39.0. The largest absolute Gasteiger partial charge is 0.455 e. The molecule has 0 unspecified atom stereocenters. The number of furan rings is 1. The zero-order valence-corrected chi connectivity index (χ0v) is 30.4. The van der Waals surface area contributed by atoms with Crippen LogP contribution >= 0.6 is 0 Å². The molecule has 3 nitrogen and oxygen atoms in total. The van der Waals surface area contributed by atoms with E-state index in [1.807, 2.05) is 51.1 Å². The standard InChI is InChI=1S/C48H46N2O/c1-30(2)40-26-36(34-22-20-32(21-23-34)29-48(5,6)7)27-41(31(3)4)45(40)50-43-19-12-11-18-42(43)49-47(50)39-17-13-16-38-37-25-24-35(28-44(37)51-46(38)39)33-14-9-8-10-15-33/h8-28,30-31H,29H2,1-7H3/i22D,23D,29D2. The number of rotatable bonds is 7. The fourth-order valence-electron chi connectivity index (χ4n) is 7.24. The van der Waals surface area contributed by atoms with Gasteiger partial charge in [-0.3, -0.25) is 4.57 Å². The second-order valence-electron chi connectivity index (χ2n) is 15.2. The maximum atomic E-state index is 9.15. The van der Waals surface area contributed by atoms with Crippen LogP contribution in [0.15, 0.2) is 132 Å². The molecule has 0 aliphatic rings. The molecular weight excluding hydrogens is 621 g/mol. The molecule has 0 saturated carbocycles. The summed E-state index contributed by atoms with van der Waals surface area (Å²) in [7, 11) is 0. The molecule has 51 heavy (non-hydrogen) atoms. The zero-order chi connectivity index (χ0) is 39.0. The Hall–Kier alpha value is -5.41. The van der Waals surface area contributed by atoms with E-state index in [-0.39, 0.29) is 23.9 Å². The maximum Gasteiger partial charge on any atom is 0.149 e. The van der Waals surface area contributed by atoms with Gasteiger partial charge in [0.15, 0.2) is 0 Å². The summed E-state index contributed by atoms with van der Waals surface area (Å²) in [4.78, 5) is 5.31. The monoisotopic (exact) mass is 670 g/mol. The van der Waals surface area contributed by atoms with Crippen molar-refractivity contribution in [3.05, 3.63) is 144 Å². The number of aromatic nitrogens is 2. The minimum atomic E-state index is -1.71. The van der Waals surface area contributed by atoms with Crippen LogP contribution in [0.25, 0.3) is 72.3 Å². The van der Waals surface area contributed by atoms with Crippen LogP contribution in [0.3, 0.4) is 0 Å². The van der Waals surface area contributed by atoms with E-state index in [2.05, 4.69) is 105 Å². The van der Waals surface area contributed by atoms with Gasteiger partial charge >= 0.3 is 0 Å². The predicted octanol–water partition coefficient (Wildman–Crippen LogP) is 13.8. The van der Waals surface area contributed by atoms with E-state index in [4.69, 9.17) is 14.9 Å². The first-order chi connectivity index (χ1) is 26.2. The minimum absolute atomic E-state index is 0.0810. The van der Waals surface area contributed by atoms with E-state index in [9.17, 15) is 0 Å². The van der Waals surface area contributed by atoms with Crippen LogP contribution in [0.1, 0.15) is 82.5 Å². The Bertz CT molecular complexity index is 2700. The molecule has 0 fully saturated rings. The van der Waals surface area contributed by atoms with Gasteiger partial charge in [0.2, 0.25) is 0 Å². The van der Waals surface area contributed by atoms with Gasteiger partial charge < -0.3 is 4.42 Å².